The fourth-order valence-electron chi connectivity index (χ4n) is 3.47. The van der Waals surface area contributed by atoms with Gasteiger partial charge in [0.05, 0.1) is 0 Å². The van der Waals surface area contributed by atoms with E-state index in [2.05, 4.69) is 22.6 Å². The summed E-state index contributed by atoms with van der Waals surface area (Å²) in [5, 5.41) is 15.1. The predicted molar refractivity (Wildman–Crippen MR) is 112 cm³/mol. The molecule has 0 bridgehead atoms. The van der Waals surface area contributed by atoms with Crippen LogP contribution in [0.25, 0.3) is 11.1 Å². The molecule has 0 unspecified atom stereocenters. The van der Waals surface area contributed by atoms with Crippen LogP contribution in [0.2, 0.25) is 0 Å². The second kappa shape index (κ2) is 10.2. The molecule has 0 saturated carbocycles. The maximum atomic E-state index is 12.6. The topological polar surface area (TPSA) is 93.7 Å². The molecule has 2 aromatic rings. The summed E-state index contributed by atoms with van der Waals surface area (Å²) in [6.45, 7) is 2.25. The fraction of sp³-hybridized carbons (Fsp3) is 0.364. The Morgan fingerprint density at radius 1 is 1.03 bits per heavy atom. The molecule has 3 rings (SSSR count). The van der Waals surface area contributed by atoms with E-state index in [1.165, 1.54) is 0 Å². The van der Waals surface area contributed by atoms with Crippen LogP contribution in [0.4, 0.5) is 0 Å². The zero-order chi connectivity index (χ0) is 20.6. The minimum absolute atomic E-state index is 0.259. The molecule has 1 atom stereocenters. The molecule has 2 amide bonds. The van der Waals surface area contributed by atoms with Crippen molar-refractivity contribution in [3.63, 3.8) is 0 Å². The Morgan fingerprint density at radius 3 is 2.28 bits per heavy atom. The van der Waals surface area contributed by atoms with E-state index in [0.717, 1.165) is 37.1 Å². The van der Waals surface area contributed by atoms with Gasteiger partial charge in [0, 0.05) is 18.2 Å². The molecule has 7 nitrogen and oxygen atoms in total. The minimum Gasteiger partial charge on any atom is -0.339 e. The van der Waals surface area contributed by atoms with Crippen molar-refractivity contribution in [3.8, 4) is 11.1 Å². The standard InChI is InChI=1S/C22H28N4O3/c1-26-13-11-19(12-14-26)23-15-20(22(28)25-29)24-21(27)18-9-7-17(8-10-18)16-5-3-2-4-6-16/h2-10,19-20,23,29H,11-15H2,1H3,(H,24,27)(H,25,28)/t20-/m0/s1. The highest BCUT2D eigenvalue weighted by molar-refractivity contribution is 5.97. The van der Waals surface area contributed by atoms with Gasteiger partial charge < -0.3 is 15.5 Å². The van der Waals surface area contributed by atoms with Gasteiger partial charge in [-0.3, -0.25) is 14.8 Å². The van der Waals surface area contributed by atoms with Gasteiger partial charge in [0.15, 0.2) is 0 Å². The number of piperidine rings is 1. The van der Waals surface area contributed by atoms with Crippen LogP contribution in [0.3, 0.4) is 0 Å². The van der Waals surface area contributed by atoms with Crippen LogP contribution < -0.4 is 16.1 Å². The number of amides is 2. The average Bonchev–Trinajstić information content (AvgIpc) is 2.77. The van der Waals surface area contributed by atoms with Crippen LogP contribution >= 0.6 is 0 Å². The van der Waals surface area contributed by atoms with Crippen molar-refractivity contribution in [3.05, 3.63) is 60.2 Å². The van der Waals surface area contributed by atoms with Crippen LogP contribution in [0.15, 0.2) is 54.6 Å². The Morgan fingerprint density at radius 2 is 1.66 bits per heavy atom. The molecule has 1 saturated heterocycles. The first kappa shape index (κ1) is 21.0. The highest BCUT2D eigenvalue weighted by Crippen LogP contribution is 2.19. The second-order valence-electron chi connectivity index (χ2n) is 7.43. The maximum absolute atomic E-state index is 12.6. The van der Waals surface area contributed by atoms with Gasteiger partial charge in [0.2, 0.25) is 0 Å². The number of nitrogens with one attached hydrogen (secondary N) is 3. The molecule has 4 N–H and O–H groups in total. The smallest absolute Gasteiger partial charge is 0.267 e. The number of hydroxylamine groups is 1. The van der Waals surface area contributed by atoms with E-state index in [1.807, 2.05) is 42.5 Å². The highest BCUT2D eigenvalue weighted by Gasteiger charge is 2.23. The Labute approximate surface area is 171 Å². The van der Waals surface area contributed by atoms with Crippen LogP contribution in [0.5, 0.6) is 0 Å². The fourth-order valence-corrected chi connectivity index (χ4v) is 3.47. The molecule has 1 aliphatic heterocycles. The van der Waals surface area contributed by atoms with Crippen LogP contribution in [-0.4, -0.2) is 60.7 Å². The number of hydrogen-bond acceptors (Lipinski definition) is 5. The number of benzene rings is 2. The highest BCUT2D eigenvalue weighted by atomic mass is 16.5. The number of likely N-dealkylation sites (tertiary alicyclic amines) is 1. The van der Waals surface area contributed by atoms with Gasteiger partial charge >= 0.3 is 0 Å². The third-order valence-electron chi connectivity index (χ3n) is 5.32. The van der Waals surface area contributed by atoms with E-state index in [-0.39, 0.29) is 12.5 Å². The van der Waals surface area contributed by atoms with Gasteiger partial charge in [-0.2, -0.15) is 0 Å². The Bertz CT molecular complexity index is 803. The van der Waals surface area contributed by atoms with E-state index in [9.17, 15) is 9.59 Å². The first-order valence-corrected chi connectivity index (χ1v) is 9.89. The van der Waals surface area contributed by atoms with Gasteiger partial charge in [-0.1, -0.05) is 42.5 Å². The van der Waals surface area contributed by atoms with Gasteiger partial charge in [0.1, 0.15) is 6.04 Å². The average molecular weight is 396 g/mol. The monoisotopic (exact) mass is 396 g/mol. The number of carbonyl (C=O) groups is 2. The van der Waals surface area contributed by atoms with Gasteiger partial charge in [-0.25, -0.2) is 5.48 Å². The van der Waals surface area contributed by atoms with Gasteiger partial charge in [0.25, 0.3) is 11.8 Å². The number of carbonyl (C=O) groups excluding carboxylic acids is 2. The molecule has 1 heterocycles. The lowest BCUT2D eigenvalue weighted by molar-refractivity contribution is -0.131. The van der Waals surface area contributed by atoms with Crippen molar-refractivity contribution in [1.29, 1.82) is 0 Å². The molecule has 1 fully saturated rings. The molecule has 1 aliphatic rings. The molecule has 0 aromatic heterocycles. The maximum Gasteiger partial charge on any atom is 0.267 e. The molecule has 0 aliphatic carbocycles. The van der Waals surface area contributed by atoms with Crippen LogP contribution in [0, 0.1) is 0 Å². The van der Waals surface area contributed by atoms with E-state index >= 15 is 0 Å². The van der Waals surface area contributed by atoms with Crippen molar-refractivity contribution in [1.82, 2.24) is 21.0 Å². The lowest BCUT2D eigenvalue weighted by atomic mass is 10.0. The summed E-state index contributed by atoms with van der Waals surface area (Å²) >= 11 is 0. The first-order valence-electron chi connectivity index (χ1n) is 9.89. The SMILES string of the molecule is CN1CCC(NC[C@H](NC(=O)c2ccc(-c3ccccc3)cc2)C(=O)NO)CC1. The zero-order valence-corrected chi connectivity index (χ0v) is 16.6. The zero-order valence-electron chi connectivity index (χ0n) is 16.6. The van der Waals surface area contributed by atoms with Crippen molar-refractivity contribution < 1.29 is 14.8 Å². The van der Waals surface area contributed by atoms with Gasteiger partial charge in [-0.15, -0.1) is 0 Å². The largest absolute Gasteiger partial charge is 0.339 e. The molecule has 154 valence electrons. The van der Waals surface area contributed by atoms with Crippen LogP contribution in [0.1, 0.15) is 23.2 Å². The quantitative estimate of drug-likeness (QED) is 0.422. The number of nitrogens with zero attached hydrogens (tertiary/aromatic N) is 1. The molecular weight excluding hydrogens is 368 g/mol. The van der Waals surface area contributed by atoms with E-state index in [4.69, 9.17) is 5.21 Å². The Kier molecular flexibility index (Phi) is 7.35. The molecule has 0 spiro atoms. The normalized spacial score (nSPS) is 16.2. The predicted octanol–water partition coefficient (Wildman–Crippen LogP) is 1.64. The van der Waals surface area contributed by atoms with Gasteiger partial charge in [-0.05, 0) is 56.2 Å². The van der Waals surface area contributed by atoms with Crippen molar-refractivity contribution in [2.24, 2.45) is 0 Å². The summed E-state index contributed by atoms with van der Waals surface area (Å²) in [6.07, 6.45) is 1.97. The lowest BCUT2D eigenvalue weighted by Crippen LogP contribution is -2.53. The molecule has 7 heteroatoms. The number of rotatable bonds is 7. The van der Waals surface area contributed by atoms with Crippen molar-refractivity contribution >= 4 is 11.8 Å². The molecule has 29 heavy (non-hydrogen) atoms. The van der Waals surface area contributed by atoms with Crippen molar-refractivity contribution in [2.45, 2.75) is 24.9 Å². The summed E-state index contributed by atoms with van der Waals surface area (Å²) in [6, 6.07) is 16.5. The molecular formula is C22H28N4O3. The molecule has 0 radical (unpaired) electrons. The first-order chi connectivity index (χ1) is 14.1. The van der Waals surface area contributed by atoms with Crippen molar-refractivity contribution in [2.75, 3.05) is 26.7 Å². The van der Waals surface area contributed by atoms with Crippen LogP contribution in [-0.2, 0) is 4.79 Å². The summed E-state index contributed by atoms with van der Waals surface area (Å²) in [4.78, 5) is 26.9. The summed E-state index contributed by atoms with van der Waals surface area (Å²) < 4.78 is 0. The molecule has 2 aromatic carbocycles. The third kappa shape index (κ3) is 5.87. The Balaban J connectivity index is 1.59. The number of hydrogen-bond donors (Lipinski definition) is 4. The minimum atomic E-state index is -0.860. The Hall–Kier alpha value is -2.74. The van der Waals surface area contributed by atoms with E-state index in [1.54, 1.807) is 17.6 Å². The summed E-state index contributed by atoms with van der Waals surface area (Å²) in [5.74, 6) is -0.997. The van der Waals surface area contributed by atoms with E-state index < -0.39 is 11.9 Å². The lowest BCUT2D eigenvalue weighted by Gasteiger charge is -2.30. The third-order valence-corrected chi connectivity index (χ3v) is 5.32. The summed E-state index contributed by atoms with van der Waals surface area (Å²) in [5.41, 5.74) is 4.18. The second-order valence-corrected chi connectivity index (χ2v) is 7.43. The van der Waals surface area contributed by atoms with E-state index in [0.29, 0.717) is 11.6 Å². The summed E-state index contributed by atoms with van der Waals surface area (Å²) in [7, 11) is 2.08.